The van der Waals surface area contributed by atoms with Crippen molar-refractivity contribution in [2.24, 2.45) is 0 Å². The van der Waals surface area contributed by atoms with Crippen molar-refractivity contribution >= 4 is 22.8 Å². The van der Waals surface area contributed by atoms with E-state index in [4.69, 9.17) is 9.26 Å². The molecule has 0 spiro atoms. The summed E-state index contributed by atoms with van der Waals surface area (Å²) in [6.45, 7) is 3.82. The van der Waals surface area contributed by atoms with Gasteiger partial charge in [-0.1, -0.05) is 35.5 Å². The standard InChI is InChI=1S/C19H18N2O4/c1-3-20-18(22)12(2)24-19(23)14-9-10-16-15(11-14)17(25-21-16)13-7-5-4-6-8-13/h4-12H,3H2,1-2H3,(H,20,22). The maximum absolute atomic E-state index is 12.3. The number of fused-ring (bicyclic) bond motifs is 1. The Bertz CT molecular complexity index is 902. The van der Waals surface area contributed by atoms with Crippen LogP contribution in [-0.4, -0.2) is 29.7 Å². The van der Waals surface area contributed by atoms with E-state index in [2.05, 4.69) is 10.5 Å². The molecular weight excluding hydrogens is 320 g/mol. The highest BCUT2D eigenvalue weighted by Crippen LogP contribution is 2.29. The second-order valence-corrected chi connectivity index (χ2v) is 5.55. The van der Waals surface area contributed by atoms with Crippen LogP contribution in [0.15, 0.2) is 53.1 Å². The number of ether oxygens (including phenoxy) is 1. The molecule has 2 aromatic carbocycles. The molecule has 0 bridgehead atoms. The van der Waals surface area contributed by atoms with Crippen molar-refractivity contribution in [2.75, 3.05) is 6.54 Å². The number of esters is 1. The lowest BCUT2D eigenvalue weighted by Gasteiger charge is -2.12. The van der Waals surface area contributed by atoms with Crippen LogP contribution in [0, 0.1) is 0 Å². The second kappa shape index (κ2) is 7.17. The van der Waals surface area contributed by atoms with Gasteiger partial charge in [-0.25, -0.2) is 4.79 Å². The van der Waals surface area contributed by atoms with E-state index in [1.165, 1.54) is 6.92 Å². The molecule has 0 aliphatic carbocycles. The average molecular weight is 338 g/mol. The fourth-order valence-corrected chi connectivity index (χ4v) is 2.47. The lowest BCUT2D eigenvalue weighted by atomic mass is 10.1. The Balaban J connectivity index is 1.88. The van der Waals surface area contributed by atoms with Crippen molar-refractivity contribution in [3.8, 4) is 11.3 Å². The van der Waals surface area contributed by atoms with E-state index in [1.807, 2.05) is 30.3 Å². The normalized spacial score (nSPS) is 11.9. The third kappa shape index (κ3) is 3.52. The van der Waals surface area contributed by atoms with Crippen molar-refractivity contribution in [1.82, 2.24) is 10.5 Å². The molecule has 1 aromatic heterocycles. The van der Waals surface area contributed by atoms with Crippen LogP contribution in [0.1, 0.15) is 24.2 Å². The summed E-state index contributed by atoms with van der Waals surface area (Å²) in [4.78, 5) is 24.0. The number of hydrogen-bond donors (Lipinski definition) is 1. The van der Waals surface area contributed by atoms with Crippen LogP contribution in [0.2, 0.25) is 0 Å². The monoisotopic (exact) mass is 338 g/mol. The van der Waals surface area contributed by atoms with Gasteiger partial charge in [-0.05, 0) is 32.0 Å². The summed E-state index contributed by atoms with van der Waals surface area (Å²) in [6, 6.07) is 14.5. The molecule has 0 radical (unpaired) electrons. The molecule has 1 unspecified atom stereocenters. The van der Waals surface area contributed by atoms with Crippen molar-refractivity contribution in [2.45, 2.75) is 20.0 Å². The zero-order chi connectivity index (χ0) is 17.8. The van der Waals surface area contributed by atoms with Crippen LogP contribution in [0.3, 0.4) is 0 Å². The number of aromatic nitrogens is 1. The number of hydrogen-bond acceptors (Lipinski definition) is 5. The van der Waals surface area contributed by atoms with Crippen LogP contribution in [-0.2, 0) is 9.53 Å². The fourth-order valence-electron chi connectivity index (χ4n) is 2.47. The summed E-state index contributed by atoms with van der Waals surface area (Å²) in [5, 5.41) is 7.35. The minimum Gasteiger partial charge on any atom is -0.449 e. The summed E-state index contributed by atoms with van der Waals surface area (Å²) >= 11 is 0. The lowest BCUT2D eigenvalue weighted by molar-refractivity contribution is -0.128. The number of benzene rings is 2. The van der Waals surface area contributed by atoms with Gasteiger partial charge >= 0.3 is 5.97 Å². The summed E-state index contributed by atoms with van der Waals surface area (Å²) < 4.78 is 10.6. The van der Waals surface area contributed by atoms with Crippen LogP contribution in [0.4, 0.5) is 0 Å². The van der Waals surface area contributed by atoms with Crippen LogP contribution in [0.5, 0.6) is 0 Å². The van der Waals surface area contributed by atoms with Gasteiger partial charge < -0.3 is 14.6 Å². The van der Waals surface area contributed by atoms with Gasteiger partial charge in [0.1, 0.15) is 5.52 Å². The predicted octanol–water partition coefficient (Wildman–Crippen LogP) is 3.18. The maximum Gasteiger partial charge on any atom is 0.338 e. The van der Waals surface area contributed by atoms with Gasteiger partial charge in [0.2, 0.25) is 0 Å². The van der Waals surface area contributed by atoms with Gasteiger partial charge in [0.25, 0.3) is 5.91 Å². The molecule has 0 fully saturated rings. The van der Waals surface area contributed by atoms with Gasteiger partial charge in [-0.3, -0.25) is 4.79 Å². The predicted molar refractivity (Wildman–Crippen MR) is 93.0 cm³/mol. The number of nitrogens with zero attached hydrogens (tertiary/aromatic N) is 1. The Morgan fingerprint density at radius 2 is 1.96 bits per heavy atom. The first kappa shape index (κ1) is 16.7. The minimum absolute atomic E-state index is 0.327. The summed E-state index contributed by atoms with van der Waals surface area (Å²) in [5.41, 5.74) is 1.85. The van der Waals surface area contributed by atoms with Crippen molar-refractivity contribution in [3.63, 3.8) is 0 Å². The smallest absolute Gasteiger partial charge is 0.338 e. The number of rotatable bonds is 5. The van der Waals surface area contributed by atoms with E-state index in [0.717, 1.165) is 5.56 Å². The van der Waals surface area contributed by atoms with E-state index in [-0.39, 0.29) is 5.91 Å². The zero-order valence-corrected chi connectivity index (χ0v) is 14.0. The van der Waals surface area contributed by atoms with Gasteiger partial charge in [-0.2, -0.15) is 0 Å². The van der Waals surface area contributed by atoms with E-state index in [9.17, 15) is 9.59 Å². The average Bonchev–Trinajstić information content (AvgIpc) is 3.05. The molecule has 0 aliphatic heterocycles. The van der Waals surface area contributed by atoms with Gasteiger partial charge in [0, 0.05) is 12.1 Å². The molecular formula is C19H18N2O4. The zero-order valence-electron chi connectivity index (χ0n) is 14.0. The molecule has 0 saturated heterocycles. The third-order valence-electron chi connectivity index (χ3n) is 3.75. The lowest BCUT2D eigenvalue weighted by Crippen LogP contribution is -2.35. The Hall–Kier alpha value is -3.15. The highest BCUT2D eigenvalue weighted by atomic mass is 16.5. The SMILES string of the molecule is CCNC(=O)C(C)OC(=O)c1ccc2noc(-c3ccccc3)c2c1. The first-order valence-electron chi connectivity index (χ1n) is 8.03. The summed E-state index contributed by atoms with van der Waals surface area (Å²) in [5.74, 6) is -0.310. The van der Waals surface area contributed by atoms with E-state index >= 15 is 0 Å². The van der Waals surface area contributed by atoms with Crippen LogP contribution in [0.25, 0.3) is 22.2 Å². The molecule has 0 saturated carbocycles. The van der Waals surface area contributed by atoms with Crippen molar-refractivity contribution in [3.05, 3.63) is 54.1 Å². The largest absolute Gasteiger partial charge is 0.449 e. The Morgan fingerprint density at radius 1 is 1.20 bits per heavy atom. The molecule has 6 heteroatoms. The molecule has 25 heavy (non-hydrogen) atoms. The van der Waals surface area contributed by atoms with Gasteiger partial charge in [0.15, 0.2) is 11.9 Å². The number of amides is 1. The topological polar surface area (TPSA) is 81.4 Å². The first-order valence-corrected chi connectivity index (χ1v) is 8.03. The number of carbonyl (C=O) groups is 2. The highest BCUT2D eigenvalue weighted by molar-refractivity contribution is 5.99. The fraction of sp³-hybridized carbons (Fsp3) is 0.211. The minimum atomic E-state index is -0.862. The molecule has 1 amide bonds. The molecule has 1 N–H and O–H groups in total. The maximum atomic E-state index is 12.3. The number of carbonyl (C=O) groups excluding carboxylic acids is 2. The van der Waals surface area contributed by atoms with Crippen molar-refractivity contribution in [1.29, 1.82) is 0 Å². The Labute approximate surface area is 144 Å². The first-order chi connectivity index (χ1) is 12.1. The molecule has 3 aromatic rings. The van der Waals surface area contributed by atoms with E-state index < -0.39 is 12.1 Å². The van der Waals surface area contributed by atoms with Crippen LogP contribution >= 0.6 is 0 Å². The third-order valence-corrected chi connectivity index (χ3v) is 3.75. The summed E-state index contributed by atoms with van der Waals surface area (Å²) in [7, 11) is 0. The molecule has 3 rings (SSSR count). The Morgan fingerprint density at radius 3 is 2.68 bits per heavy atom. The van der Waals surface area contributed by atoms with Gasteiger partial charge in [0.05, 0.1) is 10.9 Å². The quantitative estimate of drug-likeness (QED) is 0.723. The van der Waals surface area contributed by atoms with Gasteiger partial charge in [-0.15, -0.1) is 0 Å². The van der Waals surface area contributed by atoms with Crippen LogP contribution < -0.4 is 5.32 Å². The molecule has 1 atom stereocenters. The highest BCUT2D eigenvalue weighted by Gasteiger charge is 2.20. The number of nitrogens with one attached hydrogen (secondary N) is 1. The van der Waals surface area contributed by atoms with E-state index in [1.54, 1.807) is 25.1 Å². The van der Waals surface area contributed by atoms with E-state index in [0.29, 0.717) is 28.8 Å². The Kier molecular flexibility index (Phi) is 4.79. The number of likely N-dealkylation sites (N-methyl/N-ethyl adjacent to an activating group) is 1. The van der Waals surface area contributed by atoms with Crippen molar-refractivity contribution < 1.29 is 18.8 Å². The molecule has 1 heterocycles. The molecule has 0 aliphatic rings. The molecule has 6 nitrogen and oxygen atoms in total. The second-order valence-electron chi connectivity index (χ2n) is 5.55. The summed E-state index contributed by atoms with van der Waals surface area (Å²) in [6.07, 6.45) is -0.862. The molecule has 128 valence electrons.